The van der Waals surface area contributed by atoms with Gasteiger partial charge in [0, 0.05) is 11.6 Å². The lowest BCUT2D eigenvalue weighted by atomic mass is 9.89. The Morgan fingerprint density at radius 3 is 3.00 bits per heavy atom. The molecule has 0 N–H and O–H groups in total. The van der Waals surface area contributed by atoms with Crippen LogP contribution in [-0.4, -0.2) is 11.0 Å². The van der Waals surface area contributed by atoms with E-state index in [0.29, 0.717) is 5.92 Å². The Labute approximate surface area is 105 Å². The largest absolute Gasteiger partial charge is 0.455 e. The second-order valence-electron chi connectivity index (χ2n) is 5.23. The number of carbonyl (C=O) groups is 1. The summed E-state index contributed by atoms with van der Waals surface area (Å²) in [6.45, 7) is 1.91. The molecule has 2 aliphatic rings. The van der Waals surface area contributed by atoms with E-state index in [0.717, 1.165) is 17.3 Å². The molecule has 2 bridgehead atoms. The van der Waals surface area contributed by atoms with E-state index in [-0.39, 0.29) is 18.0 Å². The van der Waals surface area contributed by atoms with Gasteiger partial charge >= 0.3 is 5.97 Å². The van der Waals surface area contributed by atoms with Gasteiger partial charge in [0.25, 0.3) is 0 Å². The molecule has 0 aliphatic heterocycles. The van der Waals surface area contributed by atoms with E-state index in [1.54, 1.807) is 17.5 Å². The smallest absolute Gasteiger partial charge is 0.309 e. The summed E-state index contributed by atoms with van der Waals surface area (Å²) in [5.74, 6) is 1.54. The summed E-state index contributed by atoms with van der Waals surface area (Å²) >= 11 is 1.54. The van der Waals surface area contributed by atoms with E-state index in [4.69, 9.17) is 4.74 Å². The third-order valence-corrected chi connectivity index (χ3v) is 5.07. The maximum atomic E-state index is 12.1. The first-order chi connectivity index (χ1) is 8.24. The first kappa shape index (κ1) is 11.2. The van der Waals surface area contributed by atoms with Gasteiger partial charge in [0.2, 0.25) is 0 Å². The summed E-state index contributed by atoms with van der Waals surface area (Å²) in [5, 5.41) is 2.80. The van der Waals surface area contributed by atoms with Crippen LogP contribution in [0.25, 0.3) is 0 Å². The highest BCUT2D eigenvalue weighted by atomic mass is 32.1. The number of fused-ring (bicyclic) bond motifs is 2. The second kappa shape index (κ2) is 4.41. The number of aromatic nitrogens is 1. The Morgan fingerprint density at radius 1 is 1.53 bits per heavy atom. The number of nitrogens with zero attached hydrogens (tertiary/aromatic N) is 1. The number of hydrogen-bond donors (Lipinski definition) is 0. The first-order valence-corrected chi connectivity index (χ1v) is 7.22. The number of hydrogen-bond acceptors (Lipinski definition) is 4. The van der Waals surface area contributed by atoms with Gasteiger partial charge in [-0.15, -0.1) is 11.3 Å². The number of carbonyl (C=O) groups excluding carboxylic acids is 1. The highest BCUT2D eigenvalue weighted by Gasteiger charge is 2.44. The van der Waals surface area contributed by atoms with Crippen LogP contribution in [-0.2, 0) is 9.53 Å². The highest BCUT2D eigenvalue weighted by Crippen LogP contribution is 2.49. The maximum Gasteiger partial charge on any atom is 0.309 e. The summed E-state index contributed by atoms with van der Waals surface area (Å²) in [5.41, 5.74) is 0. The molecule has 0 aromatic carbocycles. The van der Waals surface area contributed by atoms with Crippen molar-refractivity contribution in [3.8, 4) is 0 Å². The number of esters is 1. The predicted molar refractivity (Wildman–Crippen MR) is 65.6 cm³/mol. The van der Waals surface area contributed by atoms with Crippen molar-refractivity contribution in [1.82, 2.24) is 4.98 Å². The van der Waals surface area contributed by atoms with E-state index in [2.05, 4.69) is 4.98 Å². The molecular formula is C13H17NO2S. The molecule has 4 heteroatoms. The van der Waals surface area contributed by atoms with Crippen molar-refractivity contribution in [2.45, 2.75) is 38.7 Å². The molecule has 0 amide bonds. The maximum absolute atomic E-state index is 12.1. The Balaban J connectivity index is 1.60. The molecule has 0 unspecified atom stereocenters. The average molecular weight is 251 g/mol. The lowest BCUT2D eigenvalue weighted by Gasteiger charge is -2.21. The van der Waals surface area contributed by atoms with Gasteiger partial charge in [0.15, 0.2) is 6.10 Å². The van der Waals surface area contributed by atoms with E-state index < -0.39 is 0 Å². The van der Waals surface area contributed by atoms with Crippen LogP contribution in [0, 0.1) is 17.8 Å². The molecule has 4 atom stereocenters. The minimum absolute atomic E-state index is 0.0000926. The molecule has 92 valence electrons. The number of thiazole rings is 1. The molecule has 17 heavy (non-hydrogen) atoms. The van der Waals surface area contributed by atoms with Crippen molar-refractivity contribution >= 4 is 17.3 Å². The van der Waals surface area contributed by atoms with Crippen molar-refractivity contribution in [3.05, 3.63) is 16.6 Å². The van der Waals surface area contributed by atoms with Crippen molar-refractivity contribution in [1.29, 1.82) is 0 Å². The highest BCUT2D eigenvalue weighted by molar-refractivity contribution is 7.09. The third kappa shape index (κ3) is 2.10. The van der Waals surface area contributed by atoms with Gasteiger partial charge in [-0.05, 0) is 38.0 Å². The molecule has 0 spiro atoms. The Kier molecular flexibility index (Phi) is 2.90. The summed E-state index contributed by atoms with van der Waals surface area (Å²) in [6.07, 6.45) is 6.38. The van der Waals surface area contributed by atoms with E-state index >= 15 is 0 Å². The fourth-order valence-electron chi connectivity index (χ4n) is 3.28. The fourth-order valence-corrected chi connectivity index (χ4v) is 3.90. The quantitative estimate of drug-likeness (QED) is 0.774. The Bertz CT molecular complexity index is 404. The Morgan fingerprint density at radius 2 is 2.41 bits per heavy atom. The van der Waals surface area contributed by atoms with E-state index in [9.17, 15) is 4.79 Å². The molecule has 0 saturated heterocycles. The zero-order chi connectivity index (χ0) is 11.8. The Hall–Kier alpha value is -0.900. The molecule has 2 fully saturated rings. The average Bonchev–Trinajstić information content (AvgIpc) is 3.05. The van der Waals surface area contributed by atoms with Crippen LogP contribution < -0.4 is 0 Å². The van der Waals surface area contributed by atoms with Crippen LogP contribution in [0.4, 0.5) is 0 Å². The van der Waals surface area contributed by atoms with Crippen molar-refractivity contribution in [2.75, 3.05) is 0 Å². The molecule has 0 radical (unpaired) electrons. The summed E-state index contributed by atoms with van der Waals surface area (Å²) < 4.78 is 5.54. The minimum Gasteiger partial charge on any atom is -0.455 e. The van der Waals surface area contributed by atoms with Gasteiger partial charge in [-0.2, -0.15) is 0 Å². The third-order valence-electron chi connectivity index (χ3n) is 4.13. The van der Waals surface area contributed by atoms with Crippen LogP contribution in [0.3, 0.4) is 0 Å². The molecule has 1 aromatic heterocycles. The number of rotatable bonds is 3. The normalized spacial score (nSPS) is 32.6. The lowest BCUT2D eigenvalue weighted by molar-refractivity contribution is -0.155. The SMILES string of the molecule is C[C@H](OC(=O)[C@@H]1C[C@@H]2CC[C@@H]1C2)c1nccs1. The molecule has 3 nitrogen and oxygen atoms in total. The van der Waals surface area contributed by atoms with Gasteiger partial charge < -0.3 is 4.74 Å². The molecular weight excluding hydrogens is 234 g/mol. The van der Waals surface area contributed by atoms with Gasteiger partial charge in [-0.1, -0.05) is 6.42 Å². The predicted octanol–water partition coefficient (Wildman–Crippen LogP) is 3.18. The molecule has 1 heterocycles. The van der Waals surface area contributed by atoms with Crippen LogP contribution in [0.5, 0.6) is 0 Å². The molecule has 2 saturated carbocycles. The molecule has 3 rings (SSSR count). The van der Waals surface area contributed by atoms with Gasteiger partial charge in [-0.25, -0.2) is 4.98 Å². The molecule has 2 aliphatic carbocycles. The standard InChI is InChI=1S/C13H17NO2S/c1-8(12-14-4-5-17-12)16-13(15)11-7-9-2-3-10(11)6-9/h4-5,8-11H,2-3,6-7H2,1H3/t8-,9+,10+,11+/m0/s1. The van der Waals surface area contributed by atoms with Crippen LogP contribution >= 0.6 is 11.3 Å². The topological polar surface area (TPSA) is 39.2 Å². The number of ether oxygens (including phenoxy) is 1. The first-order valence-electron chi connectivity index (χ1n) is 6.34. The monoisotopic (exact) mass is 251 g/mol. The van der Waals surface area contributed by atoms with Gasteiger partial charge in [-0.3, -0.25) is 4.79 Å². The van der Waals surface area contributed by atoms with Crippen LogP contribution in [0.15, 0.2) is 11.6 Å². The van der Waals surface area contributed by atoms with Gasteiger partial charge in [0.1, 0.15) is 5.01 Å². The van der Waals surface area contributed by atoms with E-state index in [1.807, 2.05) is 12.3 Å². The van der Waals surface area contributed by atoms with Gasteiger partial charge in [0.05, 0.1) is 5.92 Å². The zero-order valence-electron chi connectivity index (χ0n) is 9.96. The fraction of sp³-hybridized carbons (Fsp3) is 0.692. The second-order valence-corrected chi connectivity index (χ2v) is 6.16. The lowest BCUT2D eigenvalue weighted by Crippen LogP contribution is -2.24. The molecule has 1 aromatic rings. The van der Waals surface area contributed by atoms with Crippen molar-refractivity contribution in [2.24, 2.45) is 17.8 Å². The minimum atomic E-state index is -0.193. The summed E-state index contributed by atoms with van der Waals surface area (Å²) in [7, 11) is 0. The zero-order valence-corrected chi connectivity index (χ0v) is 10.8. The summed E-state index contributed by atoms with van der Waals surface area (Å²) in [4.78, 5) is 16.3. The van der Waals surface area contributed by atoms with Crippen LogP contribution in [0.2, 0.25) is 0 Å². The van der Waals surface area contributed by atoms with Crippen molar-refractivity contribution in [3.63, 3.8) is 0 Å². The summed E-state index contributed by atoms with van der Waals surface area (Å²) in [6, 6.07) is 0. The van der Waals surface area contributed by atoms with E-state index in [1.165, 1.54) is 19.3 Å². The van der Waals surface area contributed by atoms with Crippen molar-refractivity contribution < 1.29 is 9.53 Å². The van der Waals surface area contributed by atoms with Crippen LogP contribution in [0.1, 0.15) is 43.7 Å².